The number of nitrogens with one attached hydrogen (secondary N) is 1. The number of amides is 1. The smallest absolute Gasteiger partial charge is 0.252 e. The molecular weight excluding hydrogens is 284 g/mol. The van der Waals surface area contributed by atoms with Gasteiger partial charge >= 0.3 is 0 Å². The summed E-state index contributed by atoms with van der Waals surface area (Å²) in [5, 5.41) is 13.5. The number of likely N-dealkylation sites (N-methyl/N-ethyl adjacent to an activating group) is 1. The third kappa shape index (κ3) is 4.85. The van der Waals surface area contributed by atoms with Gasteiger partial charge in [0.2, 0.25) is 0 Å². The third-order valence-corrected chi connectivity index (χ3v) is 4.53. The maximum absolute atomic E-state index is 12.1. The predicted octanol–water partition coefficient (Wildman–Crippen LogP) is 1.69. The van der Waals surface area contributed by atoms with Crippen molar-refractivity contribution < 1.29 is 9.90 Å². The Kier molecular flexibility index (Phi) is 5.80. The van der Waals surface area contributed by atoms with E-state index in [0.29, 0.717) is 30.6 Å². The molecular formula is C16H22N2O2S. The molecule has 1 fully saturated rings. The van der Waals surface area contributed by atoms with Crippen molar-refractivity contribution in [3.05, 3.63) is 21.9 Å². The van der Waals surface area contributed by atoms with Crippen molar-refractivity contribution in [1.82, 2.24) is 10.2 Å². The van der Waals surface area contributed by atoms with Crippen molar-refractivity contribution in [3.8, 4) is 11.8 Å². The number of hydrogen-bond donors (Lipinski definition) is 2. The molecule has 2 N–H and O–H groups in total. The minimum Gasteiger partial charge on any atom is -0.395 e. The zero-order valence-electron chi connectivity index (χ0n) is 12.6. The number of rotatable bonds is 6. The van der Waals surface area contributed by atoms with Crippen LogP contribution in [-0.4, -0.2) is 48.2 Å². The van der Waals surface area contributed by atoms with Gasteiger partial charge in [0.05, 0.1) is 17.0 Å². The second-order valence-electron chi connectivity index (χ2n) is 5.43. The predicted molar refractivity (Wildman–Crippen MR) is 85.5 cm³/mol. The first-order valence-corrected chi connectivity index (χ1v) is 8.18. The van der Waals surface area contributed by atoms with Gasteiger partial charge in [0.15, 0.2) is 0 Å². The lowest BCUT2D eigenvalue weighted by Crippen LogP contribution is -2.41. The molecule has 0 spiro atoms. The van der Waals surface area contributed by atoms with Crippen molar-refractivity contribution in [2.45, 2.75) is 38.3 Å². The minimum absolute atomic E-state index is 0.0440. The maximum atomic E-state index is 12.1. The monoisotopic (exact) mass is 306 g/mol. The van der Waals surface area contributed by atoms with E-state index >= 15 is 0 Å². The Balaban J connectivity index is 1.81. The summed E-state index contributed by atoms with van der Waals surface area (Å²) in [6, 6.07) is 2.86. The first-order valence-electron chi connectivity index (χ1n) is 7.30. The number of aliphatic hydroxyl groups is 1. The van der Waals surface area contributed by atoms with E-state index in [1.54, 1.807) is 6.07 Å². The van der Waals surface area contributed by atoms with Crippen molar-refractivity contribution in [2.24, 2.45) is 0 Å². The number of aliphatic hydroxyl groups excluding tert-OH is 1. The molecule has 2 rings (SSSR count). The highest BCUT2D eigenvalue weighted by molar-refractivity contribution is 7.10. The summed E-state index contributed by atoms with van der Waals surface area (Å²) < 4.78 is 0. The average Bonchev–Trinajstić information content (AvgIpc) is 3.23. The Hall–Kier alpha value is -1.35. The molecule has 1 amide bonds. The SMILES string of the molecule is CC(CNC(=O)c1csc(C#CCCO)c1)N(C)C1CC1. The second kappa shape index (κ2) is 7.60. The lowest BCUT2D eigenvalue weighted by atomic mass is 10.2. The van der Waals surface area contributed by atoms with Crippen LogP contribution in [0.2, 0.25) is 0 Å². The summed E-state index contributed by atoms with van der Waals surface area (Å²) >= 11 is 1.46. The standard InChI is InChI=1S/C16H22N2O2S/c1-12(18(2)14-6-7-14)10-17-16(20)13-9-15(21-11-13)5-3-4-8-19/h9,11-12,14,19H,4,6-8,10H2,1-2H3,(H,17,20). The van der Waals surface area contributed by atoms with Gasteiger partial charge in [-0.2, -0.15) is 0 Å². The van der Waals surface area contributed by atoms with E-state index in [2.05, 4.69) is 36.0 Å². The van der Waals surface area contributed by atoms with Crippen LogP contribution in [0.15, 0.2) is 11.4 Å². The van der Waals surface area contributed by atoms with Crippen molar-refractivity contribution in [2.75, 3.05) is 20.2 Å². The van der Waals surface area contributed by atoms with Gasteiger partial charge in [0.25, 0.3) is 5.91 Å². The molecule has 1 saturated carbocycles. The van der Waals surface area contributed by atoms with Gasteiger partial charge in [-0.05, 0) is 32.9 Å². The van der Waals surface area contributed by atoms with Gasteiger partial charge in [-0.1, -0.05) is 11.8 Å². The van der Waals surface area contributed by atoms with Gasteiger partial charge in [0.1, 0.15) is 0 Å². The lowest BCUT2D eigenvalue weighted by molar-refractivity contribution is 0.0940. The highest BCUT2D eigenvalue weighted by atomic mass is 32.1. The molecule has 1 aliphatic carbocycles. The molecule has 0 aliphatic heterocycles. The zero-order valence-corrected chi connectivity index (χ0v) is 13.4. The molecule has 0 bridgehead atoms. The van der Waals surface area contributed by atoms with E-state index < -0.39 is 0 Å². The molecule has 0 aromatic carbocycles. The highest BCUT2D eigenvalue weighted by Crippen LogP contribution is 2.26. The van der Waals surface area contributed by atoms with Crippen LogP contribution in [0, 0.1) is 11.8 Å². The lowest BCUT2D eigenvalue weighted by Gasteiger charge is -2.24. The molecule has 5 heteroatoms. The van der Waals surface area contributed by atoms with Crippen LogP contribution in [0.25, 0.3) is 0 Å². The fourth-order valence-corrected chi connectivity index (χ4v) is 2.81. The van der Waals surface area contributed by atoms with Crippen LogP contribution >= 0.6 is 11.3 Å². The molecule has 114 valence electrons. The topological polar surface area (TPSA) is 52.6 Å². The van der Waals surface area contributed by atoms with Gasteiger partial charge < -0.3 is 10.4 Å². The molecule has 1 unspecified atom stereocenters. The zero-order chi connectivity index (χ0) is 15.2. The number of thiophene rings is 1. The van der Waals surface area contributed by atoms with E-state index in [0.717, 1.165) is 4.88 Å². The summed E-state index contributed by atoms with van der Waals surface area (Å²) in [5.41, 5.74) is 0.662. The van der Waals surface area contributed by atoms with E-state index in [-0.39, 0.29) is 12.5 Å². The first kappa shape index (κ1) is 16.0. The second-order valence-corrected chi connectivity index (χ2v) is 6.34. The van der Waals surface area contributed by atoms with Gasteiger partial charge in [-0.3, -0.25) is 9.69 Å². The Morgan fingerprint density at radius 2 is 2.38 bits per heavy atom. The first-order chi connectivity index (χ1) is 10.1. The van der Waals surface area contributed by atoms with Crippen LogP contribution in [0.4, 0.5) is 0 Å². The Labute approximate surface area is 130 Å². The van der Waals surface area contributed by atoms with Crippen LogP contribution in [0.3, 0.4) is 0 Å². The third-order valence-electron chi connectivity index (χ3n) is 3.69. The molecule has 21 heavy (non-hydrogen) atoms. The average molecular weight is 306 g/mol. The fourth-order valence-electron chi connectivity index (χ4n) is 2.05. The van der Waals surface area contributed by atoms with Crippen molar-refractivity contribution in [3.63, 3.8) is 0 Å². The normalized spacial score (nSPS) is 15.4. The minimum atomic E-state index is -0.0440. The summed E-state index contributed by atoms with van der Waals surface area (Å²) in [6.45, 7) is 2.86. The Morgan fingerprint density at radius 1 is 1.62 bits per heavy atom. The Bertz CT molecular complexity index is 540. The van der Waals surface area contributed by atoms with Crippen molar-refractivity contribution >= 4 is 17.2 Å². The summed E-state index contributed by atoms with van der Waals surface area (Å²) in [5.74, 6) is 5.76. The number of carbonyl (C=O) groups excluding carboxylic acids is 1. The van der Waals surface area contributed by atoms with Crippen LogP contribution in [-0.2, 0) is 0 Å². The van der Waals surface area contributed by atoms with Gasteiger partial charge in [-0.15, -0.1) is 11.3 Å². The van der Waals surface area contributed by atoms with Gasteiger partial charge in [0, 0.05) is 30.4 Å². The summed E-state index contributed by atoms with van der Waals surface area (Å²) in [4.78, 5) is 15.3. The number of hydrogen-bond acceptors (Lipinski definition) is 4. The van der Waals surface area contributed by atoms with Crippen LogP contribution < -0.4 is 5.32 Å². The molecule has 0 radical (unpaired) electrons. The van der Waals surface area contributed by atoms with E-state index in [9.17, 15) is 4.79 Å². The molecule has 1 aromatic heterocycles. The quantitative estimate of drug-likeness (QED) is 0.787. The highest BCUT2D eigenvalue weighted by Gasteiger charge is 2.29. The molecule has 1 atom stereocenters. The maximum Gasteiger partial charge on any atom is 0.252 e. The van der Waals surface area contributed by atoms with Crippen LogP contribution in [0.1, 0.15) is 41.4 Å². The molecule has 1 aromatic rings. The fraction of sp³-hybridized carbons (Fsp3) is 0.562. The van der Waals surface area contributed by atoms with E-state index in [1.165, 1.54) is 24.2 Å². The molecule has 1 heterocycles. The summed E-state index contributed by atoms with van der Waals surface area (Å²) in [6.07, 6.45) is 3.01. The van der Waals surface area contributed by atoms with Gasteiger partial charge in [-0.25, -0.2) is 0 Å². The number of nitrogens with zero attached hydrogens (tertiary/aromatic N) is 1. The van der Waals surface area contributed by atoms with E-state index in [4.69, 9.17) is 5.11 Å². The molecule has 4 nitrogen and oxygen atoms in total. The van der Waals surface area contributed by atoms with Crippen LogP contribution in [0.5, 0.6) is 0 Å². The Morgan fingerprint density at radius 3 is 3.05 bits per heavy atom. The molecule has 0 saturated heterocycles. The largest absolute Gasteiger partial charge is 0.395 e. The number of carbonyl (C=O) groups is 1. The molecule has 1 aliphatic rings. The van der Waals surface area contributed by atoms with Crippen molar-refractivity contribution in [1.29, 1.82) is 0 Å². The van der Waals surface area contributed by atoms with E-state index in [1.807, 2.05) is 5.38 Å². The summed E-state index contributed by atoms with van der Waals surface area (Å²) in [7, 11) is 2.12.